The Morgan fingerprint density at radius 1 is 1.32 bits per heavy atom. The summed E-state index contributed by atoms with van der Waals surface area (Å²) in [5.74, 6) is 0.993. The van der Waals surface area contributed by atoms with Gasteiger partial charge in [-0.15, -0.1) is 0 Å². The first-order valence-corrected chi connectivity index (χ1v) is 6.55. The molecule has 0 amide bonds. The molecule has 4 heteroatoms. The second kappa shape index (κ2) is 6.55. The number of rotatable bonds is 5. The standard InChI is InChI=1S/C15H17ClN2O/c1-19-15-6-5-13(16)9-11(15)8-12(10-17)14-4-2-3-7-18-14/h2-7,9,12H,8,10,17H2,1H3. The third-order valence-electron chi connectivity index (χ3n) is 3.10. The van der Waals surface area contributed by atoms with Crippen LogP contribution in [-0.4, -0.2) is 18.6 Å². The summed E-state index contributed by atoms with van der Waals surface area (Å²) in [7, 11) is 1.66. The molecule has 0 saturated heterocycles. The van der Waals surface area contributed by atoms with Crippen LogP contribution >= 0.6 is 11.6 Å². The van der Waals surface area contributed by atoms with E-state index in [0.717, 1.165) is 23.4 Å². The van der Waals surface area contributed by atoms with Crippen molar-refractivity contribution in [3.8, 4) is 5.75 Å². The van der Waals surface area contributed by atoms with E-state index in [1.165, 1.54) is 0 Å². The number of nitrogens with zero attached hydrogens (tertiary/aromatic N) is 1. The predicted molar refractivity (Wildman–Crippen MR) is 77.7 cm³/mol. The number of benzene rings is 1. The Morgan fingerprint density at radius 2 is 2.16 bits per heavy atom. The summed E-state index contributed by atoms with van der Waals surface area (Å²) in [6, 6.07) is 11.5. The van der Waals surface area contributed by atoms with E-state index in [2.05, 4.69) is 4.98 Å². The monoisotopic (exact) mass is 276 g/mol. The molecule has 1 atom stereocenters. The Hall–Kier alpha value is -1.58. The van der Waals surface area contributed by atoms with Crippen LogP contribution in [0.4, 0.5) is 0 Å². The fourth-order valence-corrected chi connectivity index (χ4v) is 2.29. The molecule has 1 aromatic heterocycles. The third kappa shape index (κ3) is 3.46. The van der Waals surface area contributed by atoms with Crippen molar-refractivity contribution >= 4 is 11.6 Å². The van der Waals surface area contributed by atoms with E-state index in [-0.39, 0.29) is 5.92 Å². The highest BCUT2D eigenvalue weighted by Crippen LogP contribution is 2.27. The maximum absolute atomic E-state index is 6.04. The number of hydrogen-bond donors (Lipinski definition) is 1. The molecular formula is C15H17ClN2O. The van der Waals surface area contributed by atoms with Crippen molar-refractivity contribution in [2.75, 3.05) is 13.7 Å². The first-order chi connectivity index (χ1) is 9.24. The SMILES string of the molecule is COc1ccc(Cl)cc1CC(CN)c1ccccn1. The lowest BCUT2D eigenvalue weighted by atomic mass is 9.95. The average molecular weight is 277 g/mol. The van der Waals surface area contributed by atoms with Gasteiger partial charge in [-0.2, -0.15) is 0 Å². The van der Waals surface area contributed by atoms with Gasteiger partial charge in [0.15, 0.2) is 0 Å². The molecule has 0 bridgehead atoms. The maximum atomic E-state index is 6.04. The van der Waals surface area contributed by atoms with Crippen molar-refractivity contribution in [1.29, 1.82) is 0 Å². The van der Waals surface area contributed by atoms with Gasteiger partial charge in [0.05, 0.1) is 7.11 Å². The second-order valence-electron chi connectivity index (χ2n) is 4.35. The quantitative estimate of drug-likeness (QED) is 0.913. The van der Waals surface area contributed by atoms with Gasteiger partial charge in [0.25, 0.3) is 0 Å². The van der Waals surface area contributed by atoms with Gasteiger partial charge in [-0.25, -0.2) is 0 Å². The summed E-state index contributed by atoms with van der Waals surface area (Å²) < 4.78 is 5.36. The Balaban J connectivity index is 2.26. The molecule has 0 fully saturated rings. The minimum absolute atomic E-state index is 0.161. The molecule has 19 heavy (non-hydrogen) atoms. The minimum Gasteiger partial charge on any atom is -0.496 e. The lowest BCUT2D eigenvalue weighted by Crippen LogP contribution is -2.16. The van der Waals surface area contributed by atoms with E-state index in [1.54, 1.807) is 13.3 Å². The summed E-state index contributed by atoms with van der Waals surface area (Å²) in [5, 5.41) is 0.701. The Labute approximate surface area is 118 Å². The number of hydrogen-bond acceptors (Lipinski definition) is 3. The zero-order valence-corrected chi connectivity index (χ0v) is 11.6. The fourth-order valence-electron chi connectivity index (χ4n) is 2.10. The molecule has 0 aliphatic heterocycles. The molecule has 1 aromatic carbocycles. The van der Waals surface area contributed by atoms with Crippen LogP contribution in [-0.2, 0) is 6.42 Å². The first kappa shape index (κ1) is 13.8. The predicted octanol–water partition coefficient (Wildman–Crippen LogP) is 3.03. The average Bonchev–Trinajstić information content (AvgIpc) is 2.46. The number of aromatic nitrogens is 1. The van der Waals surface area contributed by atoms with Gasteiger partial charge in [0, 0.05) is 29.4 Å². The number of ether oxygens (including phenoxy) is 1. The summed E-state index contributed by atoms with van der Waals surface area (Å²) in [6.45, 7) is 0.534. The first-order valence-electron chi connectivity index (χ1n) is 6.18. The second-order valence-corrected chi connectivity index (χ2v) is 4.78. The molecule has 2 rings (SSSR count). The zero-order valence-electron chi connectivity index (χ0n) is 10.8. The molecule has 3 nitrogen and oxygen atoms in total. The van der Waals surface area contributed by atoms with E-state index >= 15 is 0 Å². The van der Waals surface area contributed by atoms with Crippen LogP contribution in [0.25, 0.3) is 0 Å². The van der Waals surface area contributed by atoms with Gasteiger partial charge in [0.2, 0.25) is 0 Å². The molecule has 100 valence electrons. The molecular weight excluding hydrogens is 260 g/mol. The van der Waals surface area contributed by atoms with E-state index in [9.17, 15) is 0 Å². The number of halogens is 1. The largest absolute Gasteiger partial charge is 0.496 e. The summed E-state index contributed by atoms with van der Waals surface area (Å²) in [5.41, 5.74) is 7.91. The molecule has 0 aliphatic rings. The van der Waals surface area contributed by atoms with Crippen molar-refractivity contribution in [1.82, 2.24) is 4.98 Å². The molecule has 0 aliphatic carbocycles. The van der Waals surface area contributed by atoms with E-state index in [4.69, 9.17) is 22.1 Å². The Kier molecular flexibility index (Phi) is 4.77. The molecule has 1 unspecified atom stereocenters. The van der Waals surface area contributed by atoms with Crippen LogP contribution in [0.5, 0.6) is 5.75 Å². The highest BCUT2D eigenvalue weighted by molar-refractivity contribution is 6.30. The van der Waals surface area contributed by atoms with Crippen LogP contribution in [0, 0.1) is 0 Å². The van der Waals surface area contributed by atoms with Crippen LogP contribution in [0.1, 0.15) is 17.2 Å². The van der Waals surface area contributed by atoms with Crippen molar-refractivity contribution in [3.63, 3.8) is 0 Å². The molecule has 0 spiro atoms. The third-order valence-corrected chi connectivity index (χ3v) is 3.33. The normalized spacial score (nSPS) is 12.2. The van der Waals surface area contributed by atoms with Crippen LogP contribution in [0.3, 0.4) is 0 Å². The lowest BCUT2D eigenvalue weighted by Gasteiger charge is -2.16. The molecule has 0 saturated carbocycles. The van der Waals surface area contributed by atoms with Crippen LogP contribution in [0.2, 0.25) is 5.02 Å². The summed E-state index contributed by atoms with van der Waals surface area (Å²) in [6.07, 6.45) is 2.55. The van der Waals surface area contributed by atoms with Gasteiger partial charge in [-0.05, 0) is 42.3 Å². The topological polar surface area (TPSA) is 48.1 Å². The maximum Gasteiger partial charge on any atom is 0.122 e. The van der Waals surface area contributed by atoms with Crippen molar-refractivity contribution in [3.05, 3.63) is 58.9 Å². The minimum atomic E-state index is 0.161. The summed E-state index contributed by atoms with van der Waals surface area (Å²) >= 11 is 6.04. The van der Waals surface area contributed by atoms with Crippen molar-refractivity contribution < 1.29 is 4.74 Å². The molecule has 0 radical (unpaired) electrons. The number of nitrogens with two attached hydrogens (primary N) is 1. The fraction of sp³-hybridized carbons (Fsp3) is 0.267. The number of methoxy groups -OCH3 is 1. The highest BCUT2D eigenvalue weighted by Gasteiger charge is 2.14. The van der Waals surface area contributed by atoms with E-state index in [1.807, 2.05) is 36.4 Å². The van der Waals surface area contributed by atoms with Gasteiger partial charge in [0.1, 0.15) is 5.75 Å². The highest BCUT2D eigenvalue weighted by atomic mass is 35.5. The van der Waals surface area contributed by atoms with Gasteiger partial charge >= 0.3 is 0 Å². The van der Waals surface area contributed by atoms with Gasteiger partial charge < -0.3 is 10.5 Å². The van der Waals surface area contributed by atoms with Gasteiger partial charge in [-0.1, -0.05) is 17.7 Å². The van der Waals surface area contributed by atoms with Crippen molar-refractivity contribution in [2.24, 2.45) is 5.73 Å². The van der Waals surface area contributed by atoms with Crippen LogP contribution in [0.15, 0.2) is 42.6 Å². The zero-order chi connectivity index (χ0) is 13.7. The summed E-state index contributed by atoms with van der Waals surface area (Å²) in [4.78, 5) is 4.37. The van der Waals surface area contributed by atoms with Crippen molar-refractivity contribution in [2.45, 2.75) is 12.3 Å². The number of pyridine rings is 1. The van der Waals surface area contributed by atoms with E-state index < -0.39 is 0 Å². The Morgan fingerprint density at radius 3 is 2.79 bits per heavy atom. The lowest BCUT2D eigenvalue weighted by molar-refractivity contribution is 0.408. The van der Waals surface area contributed by atoms with Crippen LogP contribution < -0.4 is 10.5 Å². The molecule has 1 heterocycles. The smallest absolute Gasteiger partial charge is 0.122 e. The molecule has 2 N–H and O–H groups in total. The Bertz CT molecular complexity index is 531. The molecule has 2 aromatic rings. The van der Waals surface area contributed by atoms with E-state index in [0.29, 0.717) is 11.6 Å². The van der Waals surface area contributed by atoms with Gasteiger partial charge in [-0.3, -0.25) is 4.98 Å².